The monoisotopic (exact) mass is 357 g/mol. The third-order valence-corrected chi connectivity index (χ3v) is 5.24. The molecule has 0 saturated heterocycles. The molecule has 3 aromatic rings. The molecular weight excluding hydrogens is 338 g/mol. The van der Waals surface area contributed by atoms with Gasteiger partial charge in [-0.3, -0.25) is 4.79 Å². The van der Waals surface area contributed by atoms with Crippen LogP contribution in [0.3, 0.4) is 0 Å². The Morgan fingerprint density at radius 1 is 1.32 bits per heavy atom. The first-order valence-electron chi connectivity index (χ1n) is 8.17. The molecule has 1 aliphatic carbocycles. The molecule has 3 heterocycles. The van der Waals surface area contributed by atoms with Gasteiger partial charge in [-0.2, -0.15) is 4.98 Å². The Bertz CT molecular complexity index is 957. The van der Waals surface area contributed by atoms with Crippen molar-refractivity contribution in [3.05, 3.63) is 33.7 Å². The third-order valence-electron chi connectivity index (χ3n) is 4.28. The van der Waals surface area contributed by atoms with Crippen molar-refractivity contribution in [2.75, 3.05) is 5.32 Å². The number of carbonyl (C=O) groups excluding carboxylic acids is 1. The molecule has 2 N–H and O–H groups in total. The average Bonchev–Trinajstić information content (AvgIpc) is 2.97. The van der Waals surface area contributed by atoms with Crippen molar-refractivity contribution in [3.8, 4) is 0 Å². The Balaban J connectivity index is 1.63. The van der Waals surface area contributed by atoms with E-state index in [1.807, 2.05) is 19.2 Å². The van der Waals surface area contributed by atoms with Gasteiger partial charge in [-0.1, -0.05) is 0 Å². The quantitative estimate of drug-likeness (QED) is 0.728. The molecule has 7 nitrogen and oxygen atoms in total. The lowest BCUT2D eigenvalue weighted by Gasteiger charge is -2.13. The number of nitrogens with zero attached hydrogens (tertiary/aromatic N) is 3. The maximum Gasteiger partial charge on any atom is 0.255 e. The van der Waals surface area contributed by atoms with Crippen molar-refractivity contribution >= 4 is 34.2 Å². The van der Waals surface area contributed by atoms with Gasteiger partial charge >= 0.3 is 0 Å². The predicted octanol–water partition coefficient (Wildman–Crippen LogP) is 3.19. The van der Waals surface area contributed by atoms with Crippen LogP contribution in [0, 0.1) is 13.8 Å². The molecule has 0 spiro atoms. The summed E-state index contributed by atoms with van der Waals surface area (Å²) in [5.41, 5.74) is 1.86. The maximum absolute atomic E-state index is 12.6. The highest BCUT2D eigenvalue weighted by Gasteiger charge is 2.38. The van der Waals surface area contributed by atoms with Gasteiger partial charge in [0.25, 0.3) is 5.91 Å². The van der Waals surface area contributed by atoms with E-state index in [1.54, 1.807) is 0 Å². The van der Waals surface area contributed by atoms with E-state index in [9.17, 15) is 4.79 Å². The third kappa shape index (κ3) is 3.21. The normalized spacial score (nSPS) is 15.3. The fourth-order valence-electron chi connectivity index (χ4n) is 2.64. The molecule has 0 unspecified atom stereocenters. The number of nitrogens with one attached hydrogen (secondary N) is 2. The number of aromatic nitrogens is 3. The molecular formula is C17H19N5O2S. The zero-order valence-corrected chi connectivity index (χ0v) is 15.2. The van der Waals surface area contributed by atoms with E-state index in [0.717, 1.165) is 23.5 Å². The molecule has 0 radical (unpaired) electrons. The molecule has 0 bridgehead atoms. The smallest absolute Gasteiger partial charge is 0.255 e. The summed E-state index contributed by atoms with van der Waals surface area (Å²) in [4.78, 5) is 25.8. The van der Waals surface area contributed by atoms with Crippen LogP contribution in [0.15, 0.2) is 16.1 Å². The zero-order chi connectivity index (χ0) is 17.6. The van der Waals surface area contributed by atoms with Gasteiger partial charge in [0.15, 0.2) is 0 Å². The van der Waals surface area contributed by atoms with Crippen LogP contribution in [0.1, 0.15) is 46.6 Å². The van der Waals surface area contributed by atoms with Crippen molar-refractivity contribution in [2.24, 2.45) is 0 Å². The second-order valence-corrected chi connectivity index (χ2v) is 7.64. The standard InChI is InChI=1S/C17H19N5O2S/c1-9-8-25-12(19-9)6-18-15(23)11-7-24-16-13(11)14(20-10(2)21-16)22-17(3)4-5-17/h7-8H,4-6H2,1-3H3,(H,18,23)(H,20,21,22). The first-order chi connectivity index (χ1) is 11.9. The fourth-order valence-corrected chi connectivity index (χ4v) is 3.35. The van der Waals surface area contributed by atoms with Gasteiger partial charge in [0.1, 0.15) is 22.9 Å². The van der Waals surface area contributed by atoms with Crippen LogP contribution in [0.2, 0.25) is 0 Å². The number of hydrogen-bond donors (Lipinski definition) is 2. The molecule has 3 aromatic heterocycles. The second-order valence-electron chi connectivity index (χ2n) is 6.70. The van der Waals surface area contributed by atoms with Crippen LogP contribution < -0.4 is 10.6 Å². The number of hydrogen-bond acceptors (Lipinski definition) is 7. The lowest BCUT2D eigenvalue weighted by molar-refractivity contribution is 0.0951. The number of carbonyl (C=O) groups is 1. The van der Waals surface area contributed by atoms with Gasteiger partial charge in [-0.05, 0) is 33.6 Å². The lowest BCUT2D eigenvalue weighted by atomic mass is 10.2. The van der Waals surface area contributed by atoms with E-state index >= 15 is 0 Å². The minimum Gasteiger partial charge on any atom is -0.445 e. The molecule has 1 amide bonds. The molecule has 1 fully saturated rings. The average molecular weight is 357 g/mol. The number of anilines is 1. The van der Waals surface area contributed by atoms with Gasteiger partial charge in [-0.15, -0.1) is 11.3 Å². The fraction of sp³-hybridized carbons (Fsp3) is 0.412. The Morgan fingerprint density at radius 2 is 2.12 bits per heavy atom. The van der Waals surface area contributed by atoms with Crippen molar-refractivity contribution < 1.29 is 9.21 Å². The van der Waals surface area contributed by atoms with E-state index in [2.05, 4.69) is 32.5 Å². The van der Waals surface area contributed by atoms with Gasteiger partial charge in [0.05, 0.1) is 17.5 Å². The Kier molecular flexibility index (Phi) is 3.72. The predicted molar refractivity (Wildman–Crippen MR) is 95.8 cm³/mol. The van der Waals surface area contributed by atoms with Crippen LogP contribution >= 0.6 is 11.3 Å². The van der Waals surface area contributed by atoms with Crippen LogP contribution in [0.25, 0.3) is 11.1 Å². The molecule has 25 heavy (non-hydrogen) atoms. The first kappa shape index (κ1) is 16.0. The molecule has 0 aliphatic heterocycles. The summed E-state index contributed by atoms with van der Waals surface area (Å²) in [6, 6.07) is 0. The number of furan rings is 1. The molecule has 1 aliphatic rings. The van der Waals surface area contributed by atoms with Crippen molar-refractivity contribution in [2.45, 2.75) is 45.7 Å². The SMILES string of the molecule is Cc1csc(CNC(=O)c2coc3nc(C)nc(NC4(C)CC4)c23)n1. The van der Waals surface area contributed by atoms with E-state index in [4.69, 9.17) is 4.42 Å². The van der Waals surface area contributed by atoms with Crippen LogP contribution in [0.4, 0.5) is 5.82 Å². The van der Waals surface area contributed by atoms with Crippen LogP contribution in [-0.4, -0.2) is 26.4 Å². The second kappa shape index (κ2) is 5.80. The Labute approximate surface area is 148 Å². The molecule has 8 heteroatoms. The largest absolute Gasteiger partial charge is 0.445 e. The minimum atomic E-state index is -0.219. The summed E-state index contributed by atoms with van der Waals surface area (Å²) in [6.07, 6.45) is 3.61. The molecule has 0 aromatic carbocycles. The van der Waals surface area contributed by atoms with Crippen LogP contribution in [0.5, 0.6) is 0 Å². The number of aryl methyl sites for hydroxylation is 2. The van der Waals surface area contributed by atoms with E-state index in [-0.39, 0.29) is 11.4 Å². The van der Waals surface area contributed by atoms with E-state index in [0.29, 0.717) is 34.9 Å². The number of thiazole rings is 1. The summed E-state index contributed by atoms with van der Waals surface area (Å²) in [5, 5.41) is 9.79. The van der Waals surface area contributed by atoms with Crippen molar-refractivity contribution in [1.82, 2.24) is 20.3 Å². The number of amides is 1. The number of rotatable bonds is 5. The molecule has 1 saturated carbocycles. The van der Waals surface area contributed by atoms with Gasteiger partial charge < -0.3 is 15.1 Å². The Morgan fingerprint density at radius 3 is 2.80 bits per heavy atom. The van der Waals surface area contributed by atoms with Gasteiger partial charge in [0.2, 0.25) is 5.71 Å². The topological polar surface area (TPSA) is 92.9 Å². The summed E-state index contributed by atoms with van der Waals surface area (Å²) in [6.45, 7) is 6.27. The molecule has 4 rings (SSSR count). The maximum atomic E-state index is 12.6. The van der Waals surface area contributed by atoms with Crippen molar-refractivity contribution in [1.29, 1.82) is 0 Å². The van der Waals surface area contributed by atoms with E-state index in [1.165, 1.54) is 17.6 Å². The van der Waals surface area contributed by atoms with Crippen molar-refractivity contribution in [3.63, 3.8) is 0 Å². The van der Waals surface area contributed by atoms with Gasteiger partial charge in [0, 0.05) is 16.6 Å². The lowest BCUT2D eigenvalue weighted by Crippen LogP contribution is -2.23. The number of fused-ring (bicyclic) bond motifs is 1. The molecule has 0 atom stereocenters. The highest BCUT2D eigenvalue weighted by Crippen LogP contribution is 2.39. The minimum absolute atomic E-state index is 0.0388. The van der Waals surface area contributed by atoms with Crippen LogP contribution in [-0.2, 0) is 6.54 Å². The summed E-state index contributed by atoms with van der Waals surface area (Å²) in [5.74, 6) is 1.05. The first-order valence-corrected chi connectivity index (χ1v) is 9.05. The van der Waals surface area contributed by atoms with Gasteiger partial charge in [-0.25, -0.2) is 9.97 Å². The summed E-state index contributed by atoms with van der Waals surface area (Å²) >= 11 is 1.53. The van der Waals surface area contributed by atoms with E-state index < -0.39 is 0 Å². The summed E-state index contributed by atoms with van der Waals surface area (Å²) < 4.78 is 5.52. The zero-order valence-electron chi connectivity index (χ0n) is 14.3. The Hall–Kier alpha value is -2.48. The molecule has 130 valence electrons. The highest BCUT2D eigenvalue weighted by molar-refractivity contribution is 7.09. The highest BCUT2D eigenvalue weighted by atomic mass is 32.1. The summed E-state index contributed by atoms with van der Waals surface area (Å²) in [7, 11) is 0.